The van der Waals surface area contributed by atoms with Crippen LogP contribution in [-0.4, -0.2) is 63.0 Å². The van der Waals surface area contributed by atoms with Crippen molar-refractivity contribution in [2.45, 2.75) is 64.7 Å². The molecule has 176 valence electrons. The molecule has 1 aromatic rings. The smallest absolute Gasteiger partial charge is 0.191 e. The highest BCUT2D eigenvalue weighted by Crippen LogP contribution is 2.30. The minimum absolute atomic E-state index is 0. The van der Waals surface area contributed by atoms with Crippen LogP contribution in [0.3, 0.4) is 0 Å². The van der Waals surface area contributed by atoms with Gasteiger partial charge in [-0.15, -0.1) is 24.0 Å². The molecule has 1 aliphatic carbocycles. The van der Waals surface area contributed by atoms with Crippen LogP contribution in [0.15, 0.2) is 23.3 Å². The first-order valence-electron chi connectivity index (χ1n) is 11.6. The Kier molecular flexibility index (Phi) is 11.9. The molecule has 2 unspecified atom stereocenters. The standard InChI is InChI=1S/C23H39N5O2.HI/c1-4-29-21(20-7-5-6-8-20)10-12-26-23(24-3)27-16-19-9-11-25-22(15-19)28-13-14-30-18(2)17-28;/h9,11,15,18,20-21H,4-8,10,12-14,16-17H2,1-3H3,(H2,24,26,27);1H. The zero-order valence-corrected chi connectivity index (χ0v) is 21.6. The highest BCUT2D eigenvalue weighted by molar-refractivity contribution is 14.0. The topological polar surface area (TPSA) is 71.0 Å². The number of hydrogen-bond donors (Lipinski definition) is 2. The summed E-state index contributed by atoms with van der Waals surface area (Å²) in [6, 6.07) is 4.21. The fourth-order valence-electron chi connectivity index (χ4n) is 4.51. The maximum Gasteiger partial charge on any atom is 0.191 e. The Morgan fingerprint density at radius 2 is 2.16 bits per heavy atom. The van der Waals surface area contributed by atoms with E-state index in [0.29, 0.717) is 12.6 Å². The van der Waals surface area contributed by atoms with Crippen molar-refractivity contribution in [3.63, 3.8) is 0 Å². The molecule has 0 amide bonds. The molecule has 31 heavy (non-hydrogen) atoms. The van der Waals surface area contributed by atoms with Crippen molar-refractivity contribution >= 4 is 35.8 Å². The highest BCUT2D eigenvalue weighted by atomic mass is 127. The lowest BCUT2D eigenvalue weighted by molar-refractivity contribution is 0.0169. The Morgan fingerprint density at radius 1 is 1.35 bits per heavy atom. The molecule has 2 aliphatic rings. The number of hydrogen-bond acceptors (Lipinski definition) is 5. The summed E-state index contributed by atoms with van der Waals surface area (Å²) >= 11 is 0. The molecule has 1 saturated carbocycles. The van der Waals surface area contributed by atoms with Gasteiger partial charge >= 0.3 is 0 Å². The van der Waals surface area contributed by atoms with E-state index < -0.39 is 0 Å². The molecule has 1 saturated heterocycles. The summed E-state index contributed by atoms with van der Waals surface area (Å²) in [6.45, 7) is 9.10. The van der Waals surface area contributed by atoms with Crippen molar-refractivity contribution in [2.24, 2.45) is 10.9 Å². The molecule has 2 heterocycles. The van der Waals surface area contributed by atoms with Gasteiger partial charge in [-0.05, 0) is 56.7 Å². The second kappa shape index (κ2) is 14.1. The minimum Gasteiger partial charge on any atom is -0.378 e. The summed E-state index contributed by atoms with van der Waals surface area (Å²) in [6.07, 6.45) is 8.83. The highest BCUT2D eigenvalue weighted by Gasteiger charge is 2.25. The molecule has 0 bridgehead atoms. The van der Waals surface area contributed by atoms with Gasteiger partial charge in [0.15, 0.2) is 5.96 Å². The van der Waals surface area contributed by atoms with Crippen LogP contribution in [0.1, 0.15) is 51.5 Å². The third kappa shape index (κ3) is 8.38. The predicted octanol–water partition coefficient (Wildman–Crippen LogP) is 3.58. The molecule has 3 rings (SSSR count). The number of aromatic nitrogens is 1. The summed E-state index contributed by atoms with van der Waals surface area (Å²) < 4.78 is 11.7. The predicted molar refractivity (Wildman–Crippen MR) is 137 cm³/mol. The molecule has 0 spiro atoms. The third-order valence-electron chi connectivity index (χ3n) is 6.09. The minimum atomic E-state index is 0. The van der Waals surface area contributed by atoms with Crippen molar-refractivity contribution < 1.29 is 9.47 Å². The Bertz CT molecular complexity index is 669. The second-order valence-electron chi connectivity index (χ2n) is 8.33. The van der Waals surface area contributed by atoms with E-state index in [1.807, 2.05) is 13.2 Å². The Hall–Kier alpha value is -1.13. The molecule has 1 aromatic heterocycles. The van der Waals surface area contributed by atoms with E-state index in [-0.39, 0.29) is 30.1 Å². The number of nitrogens with zero attached hydrogens (tertiary/aromatic N) is 3. The van der Waals surface area contributed by atoms with Gasteiger partial charge in [0.05, 0.1) is 18.8 Å². The number of ether oxygens (including phenoxy) is 2. The van der Waals surface area contributed by atoms with Gasteiger partial charge in [0, 0.05) is 46.0 Å². The number of nitrogens with one attached hydrogen (secondary N) is 2. The van der Waals surface area contributed by atoms with Crippen LogP contribution in [0.2, 0.25) is 0 Å². The molecular formula is C23H40IN5O2. The van der Waals surface area contributed by atoms with Crippen molar-refractivity contribution in [1.82, 2.24) is 15.6 Å². The van der Waals surface area contributed by atoms with Crippen molar-refractivity contribution in [3.8, 4) is 0 Å². The van der Waals surface area contributed by atoms with Gasteiger partial charge in [-0.25, -0.2) is 4.98 Å². The fourth-order valence-corrected chi connectivity index (χ4v) is 4.51. The van der Waals surface area contributed by atoms with Gasteiger partial charge in [-0.3, -0.25) is 4.99 Å². The largest absolute Gasteiger partial charge is 0.378 e. The number of rotatable bonds is 9. The van der Waals surface area contributed by atoms with Gasteiger partial charge in [0.1, 0.15) is 5.82 Å². The van der Waals surface area contributed by atoms with Gasteiger partial charge in [-0.1, -0.05) is 12.8 Å². The van der Waals surface area contributed by atoms with E-state index in [4.69, 9.17) is 9.47 Å². The first kappa shape index (κ1) is 26.1. The monoisotopic (exact) mass is 545 g/mol. The molecular weight excluding hydrogens is 505 g/mol. The quantitative estimate of drug-likeness (QED) is 0.281. The molecule has 2 fully saturated rings. The summed E-state index contributed by atoms with van der Waals surface area (Å²) in [5.74, 6) is 2.57. The summed E-state index contributed by atoms with van der Waals surface area (Å²) in [4.78, 5) is 11.2. The van der Waals surface area contributed by atoms with E-state index in [0.717, 1.165) is 57.0 Å². The van der Waals surface area contributed by atoms with Crippen molar-refractivity contribution in [3.05, 3.63) is 23.9 Å². The van der Waals surface area contributed by atoms with Gasteiger partial charge in [0.25, 0.3) is 0 Å². The lowest BCUT2D eigenvalue weighted by atomic mass is 9.98. The van der Waals surface area contributed by atoms with Crippen LogP contribution in [0.25, 0.3) is 0 Å². The van der Waals surface area contributed by atoms with Crippen LogP contribution in [0.4, 0.5) is 5.82 Å². The fraction of sp³-hybridized carbons (Fsp3) is 0.739. The number of anilines is 1. The SMILES string of the molecule is CCOC(CCNC(=NC)NCc1ccnc(N2CCOC(C)C2)c1)C1CCCC1.I. The first-order chi connectivity index (χ1) is 14.7. The van der Waals surface area contributed by atoms with Crippen LogP contribution in [0, 0.1) is 5.92 Å². The van der Waals surface area contributed by atoms with Gasteiger partial charge in [-0.2, -0.15) is 0 Å². The Labute approximate surface area is 204 Å². The first-order valence-corrected chi connectivity index (χ1v) is 11.6. The molecule has 7 nitrogen and oxygen atoms in total. The lowest BCUT2D eigenvalue weighted by Gasteiger charge is -2.32. The molecule has 2 N–H and O–H groups in total. The number of guanidine groups is 1. The third-order valence-corrected chi connectivity index (χ3v) is 6.09. The maximum atomic E-state index is 6.03. The number of pyridine rings is 1. The molecule has 0 aromatic carbocycles. The number of morpholine rings is 1. The molecule has 2 atom stereocenters. The zero-order chi connectivity index (χ0) is 21.2. The lowest BCUT2D eigenvalue weighted by Crippen LogP contribution is -2.41. The molecule has 0 radical (unpaired) electrons. The summed E-state index contributed by atoms with van der Waals surface area (Å²) in [5.41, 5.74) is 1.19. The van der Waals surface area contributed by atoms with Crippen LogP contribution < -0.4 is 15.5 Å². The average molecular weight is 546 g/mol. The maximum absolute atomic E-state index is 6.03. The molecule has 1 aliphatic heterocycles. The van der Waals surface area contributed by atoms with Crippen LogP contribution in [-0.2, 0) is 16.0 Å². The van der Waals surface area contributed by atoms with Crippen LogP contribution in [0.5, 0.6) is 0 Å². The summed E-state index contributed by atoms with van der Waals surface area (Å²) in [7, 11) is 1.82. The second-order valence-corrected chi connectivity index (χ2v) is 8.33. The van der Waals surface area contributed by atoms with E-state index in [1.54, 1.807) is 0 Å². The number of halogens is 1. The van der Waals surface area contributed by atoms with Crippen LogP contribution >= 0.6 is 24.0 Å². The van der Waals surface area contributed by atoms with Crippen molar-refractivity contribution in [1.29, 1.82) is 0 Å². The van der Waals surface area contributed by atoms with Gasteiger partial charge in [0.2, 0.25) is 0 Å². The van der Waals surface area contributed by atoms with E-state index in [9.17, 15) is 0 Å². The Balaban J connectivity index is 0.00000341. The average Bonchev–Trinajstić information content (AvgIpc) is 3.30. The van der Waals surface area contributed by atoms with E-state index >= 15 is 0 Å². The summed E-state index contributed by atoms with van der Waals surface area (Å²) in [5, 5.41) is 6.88. The molecule has 8 heteroatoms. The van der Waals surface area contributed by atoms with E-state index in [1.165, 1.54) is 31.2 Å². The number of aliphatic imine (C=N–C) groups is 1. The van der Waals surface area contributed by atoms with Crippen molar-refractivity contribution in [2.75, 3.05) is 44.8 Å². The normalized spacial score (nSPS) is 20.9. The zero-order valence-electron chi connectivity index (χ0n) is 19.3. The Morgan fingerprint density at radius 3 is 2.87 bits per heavy atom. The van der Waals surface area contributed by atoms with Gasteiger partial charge < -0.3 is 25.0 Å². The van der Waals surface area contributed by atoms with E-state index in [2.05, 4.69) is 51.5 Å².